The quantitative estimate of drug-likeness (QED) is 0.110. The summed E-state index contributed by atoms with van der Waals surface area (Å²) in [4.78, 5) is 34.2. The van der Waals surface area contributed by atoms with Crippen molar-refractivity contribution in [2.24, 2.45) is 5.92 Å². The average molecular weight is 965 g/mol. The number of nitrogens with one attached hydrogen (secondary N) is 2. The second-order valence-corrected chi connectivity index (χ2v) is 18.9. The monoisotopic (exact) mass is 964 g/mol. The molecule has 3 aromatic heterocycles. The SMILES string of the molecule is C[C@@H]1CC(c2ccc3c(=O)n(-c4ccc(Cl)c5c(NS(C)(=O)=O)nn(CC(F)F)c45)c([C@H](Cc4cc(F)cc(F)c4)NC(=O)Cn4nc(C(F)F)c5c4C(F)(F)[C@@H]4C[C@H]54)nc3c2)=C[C@H](C)O1. The number of halogens is 9. The summed E-state index contributed by atoms with van der Waals surface area (Å²) in [6, 6.07) is 7.93. The van der Waals surface area contributed by atoms with Crippen LogP contribution in [0.3, 0.4) is 0 Å². The molecule has 1 amide bonds. The highest BCUT2D eigenvalue weighted by atomic mass is 35.5. The molecule has 348 valence electrons. The lowest BCUT2D eigenvalue weighted by atomic mass is 9.95. The number of hydrogen-bond acceptors (Lipinski definition) is 8. The zero-order chi connectivity index (χ0) is 47.3. The Kier molecular flexibility index (Phi) is 11.3. The molecule has 66 heavy (non-hydrogen) atoms. The van der Waals surface area contributed by atoms with E-state index in [0.29, 0.717) is 22.7 Å². The number of aromatic nitrogens is 6. The van der Waals surface area contributed by atoms with Gasteiger partial charge in [0.05, 0.1) is 57.0 Å². The van der Waals surface area contributed by atoms with E-state index in [1.807, 2.05) is 19.9 Å². The highest BCUT2D eigenvalue weighted by molar-refractivity contribution is 7.92. The van der Waals surface area contributed by atoms with Gasteiger partial charge in [0.25, 0.3) is 24.3 Å². The van der Waals surface area contributed by atoms with Crippen molar-refractivity contribution in [2.45, 2.75) is 89.1 Å². The summed E-state index contributed by atoms with van der Waals surface area (Å²) in [7, 11) is -4.12. The van der Waals surface area contributed by atoms with Crippen LogP contribution in [0.1, 0.15) is 79.0 Å². The molecule has 2 N–H and O–H groups in total. The molecule has 0 bridgehead atoms. The van der Waals surface area contributed by atoms with Crippen molar-refractivity contribution < 1.29 is 53.1 Å². The summed E-state index contributed by atoms with van der Waals surface area (Å²) in [6.07, 6.45) is -4.30. The van der Waals surface area contributed by atoms with E-state index >= 15 is 13.6 Å². The Hall–Kier alpha value is -5.87. The van der Waals surface area contributed by atoms with Crippen LogP contribution in [-0.4, -0.2) is 68.3 Å². The average Bonchev–Trinajstić information content (AvgIpc) is 3.73. The first kappa shape index (κ1) is 45.3. The van der Waals surface area contributed by atoms with Gasteiger partial charge in [-0.1, -0.05) is 23.7 Å². The van der Waals surface area contributed by atoms with Crippen LogP contribution in [0.2, 0.25) is 5.02 Å². The smallest absolute Gasteiger partial charge is 0.293 e. The standard InChI is InChI=1S/C43H37ClF8N8O5S/c1-18-8-22(9-19(2)65-18)21-4-5-25-29(13-21)54-41(60(42(25)62)31-7-6-28(44)35-37(31)58(16-32(47)48)56-40(35)57-66(3,63)64)30(12-20-10-23(45)14-24(46)11-20)53-33(61)17-59-38-34(36(55-59)39(49)50)26-15-27(26)43(38,51)52/h4-8,10-11,13-14,18-19,26-27,30,32,39H,9,12,15-17H2,1-3H3,(H,53,61)(H,56,57)/t18-,19+,26-,27+,30-/m0/s1. The van der Waals surface area contributed by atoms with Crippen molar-refractivity contribution in [3.05, 3.63) is 116 Å². The lowest BCUT2D eigenvalue weighted by Gasteiger charge is -2.26. The molecule has 2 aliphatic carbocycles. The number of nitrogens with zero attached hydrogens (tertiary/aromatic N) is 6. The van der Waals surface area contributed by atoms with Crippen LogP contribution in [0.5, 0.6) is 0 Å². The fourth-order valence-corrected chi connectivity index (χ4v) is 10.0. The minimum Gasteiger partial charge on any atom is -0.371 e. The van der Waals surface area contributed by atoms with Crippen LogP contribution in [-0.2, 0) is 45.0 Å². The number of benzene rings is 3. The van der Waals surface area contributed by atoms with Gasteiger partial charge in [-0.05, 0) is 85.7 Å². The van der Waals surface area contributed by atoms with E-state index in [0.717, 1.165) is 33.2 Å². The predicted octanol–water partition coefficient (Wildman–Crippen LogP) is 8.33. The largest absolute Gasteiger partial charge is 0.371 e. The minimum atomic E-state index is -4.12. The number of sulfonamides is 1. The van der Waals surface area contributed by atoms with Gasteiger partial charge in [-0.25, -0.2) is 39.7 Å². The van der Waals surface area contributed by atoms with Crippen LogP contribution < -0.4 is 15.6 Å². The first-order valence-electron chi connectivity index (χ1n) is 20.5. The molecule has 6 aromatic rings. The van der Waals surface area contributed by atoms with E-state index in [2.05, 4.69) is 20.2 Å². The number of hydrogen-bond donors (Lipinski definition) is 2. The highest BCUT2D eigenvalue weighted by Crippen LogP contribution is 2.68. The van der Waals surface area contributed by atoms with Crippen LogP contribution in [0, 0.1) is 17.6 Å². The number of anilines is 1. The summed E-state index contributed by atoms with van der Waals surface area (Å²) >= 11 is 6.60. The molecule has 1 fully saturated rings. The Morgan fingerprint density at radius 3 is 2.41 bits per heavy atom. The van der Waals surface area contributed by atoms with Gasteiger partial charge >= 0.3 is 0 Å². The topological polar surface area (TPSA) is 155 Å². The van der Waals surface area contributed by atoms with E-state index in [1.54, 1.807) is 12.1 Å². The Bertz CT molecular complexity index is 3170. The van der Waals surface area contributed by atoms with Gasteiger partial charge in [0.1, 0.15) is 41.9 Å². The predicted molar refractivity (Wildman–Crippen MR) is 226 cm³/mol. The third kappa shape index (κ3) is 8.31. The fourth-order valence-electron chi connectivity index (χ4n) is 9.28. The first-order valence-corrected chi connectivity index (χ1v) is 22.7. The maximum atomic E-state index is 15.6. The van der Waals surface area contributed by atoms with Gasteiger partial charge in [-0.2, -0.15) is 19.0 Å². The molecule has 9 rings (SSSR count). The van der Waals surface area contributed by atoms with Gasteiger partial charge in [-0.3, -0.25) is 28.2 Å². The Balaban J connectivity index is 1.28. The van der Waals surface area contributed by atoms with Crippen molar-refractivity contribution in [1.82, 2.24) is 34.4 Å². The second kappa shape index (κ2) is 16.5. The molecule has 0 unspecified atom stereocenters. The number of carbonyl (C=O) groups excluding carboxylic acids is 1. The molecule has 23 heteroatoms. The van der Waals surface area contributed by atoms with Crippen LogP contribution in [0.15, 0.2) is 59.4 Å². The molecule has 13 nitrogen and oxygen atoms in total. The van der Waals surface area contributed by atoms with Crippen molar-refractivity contribution in [1.29, 1.82) is 0 Å². The molecule has 4 heterocycles. The first-order chi connectivity index (χ1) is 31.1. The third-order valence-corrected chi connectivity index (χ3v) is 12.7. The summed E-state index contributed by atoms with van der Waals surface area (Å²) in [5.41, 5.74) is -2.16. The third-order valence-electron chi connectivity index (χ3n) is 11.8. The summed E-state index contributed by atoms with van der Waals surface area (Å²) in [5, 5.41) is 9.94. The van der Waals surface area contributed by atoms with E-state index in [4.69, 9.17) is 21.3 Å². The number of rotatable bonds is 13. The molecule has 1 aliphatic heterocycles. The molecule has 5 atom stereocenters. The van der Waals surface area contributed by atoms with Gasteiger partial charge in [-0.15, -0.1) is 0 Å². The van der Waals surface area contributed by atoms with Crippen molar-refractivity contribution in [2.75, 3.05) is 11.0 Å². The number of carbonyl (C=O) groups is 1. The zero-order valence-electron chi connectivity index (χ0n) is 34.8. The summed E-state index contributed by atoms with van der Waals surface area (Å²) in [6.45, 7) is 1.51. The fraction of sp³-hybridized carbons (Fsp3) is 0.372. The summed E-state index contributed by atoms with van der Waals surface area (Å²) in [5.74, 6) is -9.81. The van der Waals surface area contributed by atoms with Crippen molar-refractivity contribution >= 4 is 60.7 Å². The zero-order valence-corrected chi connectivity index (χ0v) is 36.4. The molecule has 3 aromatic carbocycles. The van der Waals surface area contributed by atoms with E-state index < -0.39 is 112 Å². The molecule has 0 spiro atoms. The van der Waals surface area contributed by atoms with Crippen LogP contribution >= 0.6 is 11.6 Å². The lowest BCUT2D eigenvalue weighted by molar-refractivity contribution is -0.123. The molecule has 0 saturated heterocycles. The van der Waals surface area contributed by atoms with Gasteiger partial charge in [0.2, 0.25) is 15.9 Å². The number of amides is 1. The van der Waals surface area contributed by atoms with Gasteiger partial charge < -0.3 is 10.1 Å². The normalized spacial score (nSPS) is 20.5. The Morgan fingerprint density at radius 1 is 1.02 bits per heavy atom. The van der Waals surface area contributed by atoms with E-state index in [9.17, 15) is 39.6 Å². The van der Waals surface area contributed by atoms with Gasteiger partial charge in [0, 0.05) is 24.0 Å². The van der Waals surface area contributed by atoms with E-state index in [-0.39, 0.29) is 62.3 Å². The molecule has 1 saturated carbocycles. The molecule has 0 radical (unpaired) electrons. The number of alkyl halides is 6. The maximum absolute atomic E-state index is 15.6. The molecular formula is C43H37ClF8N8O5S. The molecule has 3 aliphatic rings. The number of ether oxygens (including phenoxy) is 1. The van der Waals surface area contributed by atoms with E-state index in [1.165, 1.54) is 18.2 Å². The lowest BCUT2D eigenvalue weighted by Crippen LogP contribution is -2.38. The minimum absolute atomic E-state index is 0.0252. The summed E-state index contributed by atoms with van der Waals surface area (Å²) < 4.78 is 153. The second-order valence-electron chi connectivity index (χ2n) is 16.8. The Labute approximate surface area is 374 Å². The Morgan fingerprint density at radius 2 is 1.74 bits per heavy atom. The number of fused-ring (bicyclic) bond motifs is 5. The van der Waals surface area contributed by atoms with Gasteiger partial charge in [0.15, 0.2) is 5.82 Å². The van der Waals surface area contributed by atoms with Crippen LogP contribution in [0.25, 0.3) is 33.1 Å². The maximum Gasteiger partial charge on any atom is 0.293 e. The van der Waals surface area contributed by atoms with Crippen molar-refractivity contribution in [3.63, 3.8) is 0 Å². The highest BCUT2D eigenvalue weighted by Gasteiger charge is 2.67. The van der Waals surface area contributed by atoms with Crippen molar-refractivity contribution in [3.8, 4) is 5.69 Å². The van der Waals surface area contributed by atoms with Crippen LogP contribution in [0.4, 0.5) is 40.9 Å². The molecular weight excluding hydrogens is 928 g/mol.